The number of nitrogens with one attached hydrogen (secondary N) is 5. The van der Waals surface area contributed by atoms with Crippen LogP contribution >= 0.6 is 0 Å². The van der Waals surface area contributed by atoms with Gasteiger partial charge in [-0.3, -0.25) is 19.2 Å². The molecule has 4 amide bonds. The lowest BCUT2D eigenvalue weighted by Gasteiger charge is -2.29. The number of aromatic nitrogens is 1. The molecule has 0 saturated heterocycles. The van der Waals surface area contributed by atoms with Gasteiger partial charge in [-0.15, -0.1) is 0 Å². The van der Waals surface area contributed by atoms with Gasteiger partial charge in [0.25, 0.3) is 5.91 Å². The van der Waals surface area contributed by atoms with E-state index >= 15 is 0 Å². The summed E-state index contributed by atoms with van der Waals surface area (Å²) in [7, 11) is 0. The predicted octanol–water partition coefficient (Wildman–Crippen LogP) is 4.05. The van der Waals surface area contributed by atoms with Crippen LogP contribution in [-0.2, 0) is 27.2 Å². The van der Waals surface area contributed by atoms with Gasteiger partial charge >= 0.3 is 0 Å². The van der Waals surface area contributed by atoms with Gasteiger partial charge < -0.3 is 31.8 Å². The average Bonchev–Trinajstić information content (AvgIpc) is 3.06. The molecular weight excluding hydrogens is 620 g/mol. The van der Waals surface area contributed by atoms with Gasteiger partial charge in [-0.05, 0) is 61.3 Å². The fraction of sp³-hybridized carbons (Fsp3) is 0.447. The molecule has 0 bridgehead atoms. The van der Waals surface area contributed by atoms with Gasteiger partial charge in [0.05, 0.1) is 11.6 Å². The van der Waals surface area contributed by atoms with Gasteiger partial charge in [0.15, 0.2) is 12.4 Å². The molecule has 0 aliphatic heterocycles. The summed E-state index contributed by atoms with van der Waals surface area (Å²) in [5.41, 5.74) is 2.79. The molecule has 0 aliphatic rings. The Balaban J connectivity index is 1.72. The van der Waals surface area contributed by atoms with Crippen molar-refractivity contribution in [2.45, 2.75) is 97.8 Å². The van der Waals surface area contributed by atoms with E-state index in [2.05, 4.69) is 33.5 Å². The molecule has 49 heavy (non-hydrogen) atoms. The first-order chi connectivity index (χ1) is 23.3. The third-order valence-electron chi connectivity index (χ3n) is 8.05. The second-order valence-electron chi connectivity index (χ2n) is 13.7. The molecule has 3 rings (SSSR count). The van der Waals surface area contributed by atoms with E-state index in [1.54, 1.807) is 6.92 Å². The van der Waals surface area contributed by atoms with Crippen LogP contribution in [0.25, 0.3) is 0 Å². The Morgan fingerprint density at radius 2 is 1.45 bits per heavy atom. The molecule has 0 fully saturated rings. The Labute approximate surface area is 290 Å². The highest BCUT2D eigenvalue weighted by atomic mass is 16.5. The third-order valence-corrected chi connectivity index (χ3v) is 8.05. The van der Waals surface area contributed by atoms with Crippen molar-refractivity contribution in [3.05, 3.63) is 101 Å². The van der Waals surface area contributed by atoms with Crippen LogP contribution in [0.2, 0.25) is 0 Å². The first-order valence-electron chi connectivity index (χ1n) is 17.1. The molecule has 11 nitrogen and oxygen atoms in total. The maximum Gasteiger partial charge on any atom is 0.252 e. The van der Waals surface area contributed by atoms with E-state index in [1.807, 2.05) is 82.3 Å². The maximum absolute atomic E-state index is 13.8. The number of anilines is 1. The van der Waals surface area contributed by atoms with E-state index in [9.17, 15) is 24.4 Å². The van der Waals surface area contributed by atoms with E-state index in [4.69, 9.17) is 0 Å². The normalized spacial score (nSPS) is 13.8. The second-order valence-corrected chi connectivity index (χ2v) is 13.7. The van der Waals surface area contributed by atoms with Crippen molar-refractivity contribution in [1.82, 2.24) is 21.3 Å². The lowest BCUT2D eigenvalue weighted by Crippen LogP contribution is -2.57. The van der Waals surface area contributed by atoms with Crippen LogP contribution < -0.4 is 31.3 Å². The minimum atomic E-state index is -0.918. The lowest BCUT2D eigenvalue weighted by molar-refractivity contribution is -0.605. The highest BCUT2D eigenvalue weighted by molar-refractivity contribution is 5.98. The molecule has 0 saturated carbocycles. The number of carbonyl (C=O) groups is 4. The smallest absolute Gasteiger partial charge is 0.252 e. The van der Waals surface area contributed by atoms with Crippen LogP contribution in [0.3, 0.4) is 0 Å². The summed E-state index contributed by atoms with van der Waals surface area (Å²) in [6.07, 6.45) is 5.14. The molecule has 1 heterocycles. The van der Waals surface area contributed by atoms with Crippen molar-refractivity contribution in [2.75, 3.05) is 11.9 Å². The maximum atomic E-state index is 13.8. The third kappa shape index (κ3) is 13.3. The van der Waals surface area contributed by atoms with Crippen LogP contribution in [0.4, 0.5) is 5.69 Å². The Kier molecular flexibility index (Phi) is 14.8. The number of benzene rings is 2. The number of hydrogen-bond donors (Lipinski definition) is 5. The first-order valence-corrected chi connectivity index (χ1v) is 17.1. The fourth-order valence-electron chi connectivity index (χ4n) is 5.36. The zero-order valence-electron chi connectivity index (χ0n) is 29.5. The number of nitrogens with zero attached hydrogens (tertiary/aromatic N) is 1. The van der Waals surface area contributed by atoms with Crippen LogP contribution in [0, 0.1) is 10.6 Å². The summed E-state index contributed by atoms with van der Waals surface area (Å²) >= 11 is 0. The largest absolute Gasteiger partial charge is 0.619 e. The average molecular weight is 673 g/mol. The molecule has 3 aromatic rings. The number of aryl methyl sites for hydroxylation is 1. The van der Waals surface area contributed by atoms with Crippen LogP contribution in [0.15, 0.2) is 79.1 Å². The Morgan fingerprint density at radius 1 is 0.796 bits per heavy atom. The summed E-state index contributed by atoms with van der Waals surface area (Å²) in [4.78, 5) is 53.5. The topological polar surface area (TPSA) is 155 Å². The van der Waals surface area contributed by atoms with Gasteiger partial charge in [-0.2, -0.15) is 4.73 Å². The van der Waals surface area contributed by atoms with Crippen molar-refractivity contribution in [1.29, 1.82) is 0 Å². The Morgan fingerprint density at radius 3 is 2.08 bits per heavy atom. The van der Waals surface area contributed by atoms with Gasteiger partial charge in [0, 0.05) is 30.4 Å². The summed E-state index contributed by atoms with van der Waals surface area (Å²) in [6.45, 7) is 12.0. The molecule has 2 aromatic carbocycles. The first kappa shape index (κ1) is 38.7. The van der Waals surface area contributed by atoms with E-state index in [1.165, 1.54) is 24.5 Å². The molecule has 0 unspecified atom stereocenters. The number of hydrogen-bond acceptors (Lipinski definition) is 6. The van der Waals surface area contributed by atoms with Crippen molar-refractivity contribution < 1.29 is 23.9 Å². The molecular formula is C38H52N6O5. The lowest BCUT2D eigenvalue weighted by atomic mass is 9.87. The van der Waals surface area contributed by atoms with Crippen molar-refractivity contribution in [3.63, 3.8) is 0 Å². The van der Waals surface area contributed by atoms with Crippen LogP contribution in [0.5, 0.6) is 0 Å². The highest BCUT2D eigenvalue weighted by Crippen LogP contribution is 2.21. The summed E-state index contributed by atoms with van der Waals surface area (Å²) in [5.74, 6) is -1.51. The van der Waals surface area contributed by atoms with Gasteiger partial charge in [0.2, 0.25) is 17.7 Å². The van der Waals surface area contributed by atoms with E-state index < -0.39 is 36.0 Å². The number of amides is 4. The molecule has 0 aliphatic carbocycles. The monoisotopic (exact) mass is 672 g/mol. The molecule has 4 atom stereocenters. The second kappa shape index (κ2) is 18.7. The van der Waals surface area contributed by atoms with Crippen LogP contribution in [-0.4, -0.2) is 54.3 Å². The number of carbonyl (C=O) groups excluding carboxylic acids is 4. The van der Waals surface area contributed by atoms with E-state index in [-0.39, 0.29) is 22.8 Å². The van der Waals surface area contributed by atoms with E-state index in [0.29, 0.717) is 37.0 Å². The Hall–Kier alpha value is -4.77. The fourth-order valence-corrected chi connectivity index (χ4v) is 5.36. The van der Waals surface area contributed by atoms with E-state index in [0.717, 1.165) is 23.2 Å². The van der Waals surface area contributed by atoms with Crippen LogP contribution in [0.1, 0.15) is 82.3 Å². The minimum absolute atomic E-state index is 0.191. The number of rotatable bonds is 17. The molecule has 1 aromatic heterocycles. The molecule has 0 spiro atoms. The minimum Gasteiger partial charge on any atom is -0.619 e. The zero-order valence-corrected chi connectivity index (χ0v) is 29.5. The SMILES string of the molecule is CCC[C@H](NC(=O)[C@H](CC(C)(C)C)NC(=O)c1cc[n+]([O-])cc1)C(=O)N[C@H](CN[C@@H](C)C(=O)Nc1cccc(CC)c1)Cc1ccccc1. The van der Waals surface area contributed by atoms with Gasteiger partial charge in [-0.25, -0.2) is 0 Å². The quantitative estimate of drug-likeness (QED) is 0.108. The molecule has 11 heteroatoms. The molecule has 0 radical (unpaired) electrons. The predicted molar refractivity (Wildman–Crippen MR) is 192 cm³/mol. The summed E-state index contributed by atoms with van der Waals surface area (Å²) in [6, 6.07) is 17.5. The molecule has 264 valence electrons. The molecule has 5 N–H and O–H groups in total. The van der Waals surface area contributed by atoms with Gasteiger partial charge in [-0.1, -0.05) is 83.5 Å². The van der Waals surface area contributed by atoms with Gasteiger partial charge in [0.1, 0.15) is 12.1 Å². The summed E-state index contributed by atoms with van der Waals surface area (Å²) in [5, 5.41) is 26.5. The van der Waals surface area contributed by atoms with Crippen molar-refractivity contribution in [3.8, 4) is 0 Å². The Bertz CT molecular complexity index is 1520. The highest BCUT2D eigenvalue weighted by Gasteiger charge is 2.31. The summed E-state index contributed by atoms with van der Waals surface area (Å²) < 4.78 is 0.576. The number of pyridine rings is 1. The van der Waals surface area contributed by atoms with Crippen molar-refractivity contribution >= 4 is 29.3 Å². The van der Waals surface area contributed by atoms with Crippen molar-refractivity contribution in [2.24, 2.45) is 5.41 Å². The standard InChI is InChI=1S/C38H52N6O5/c1-7-13-32(42-37(48)33(24-38(4,5)6)43-35(46)29-18-20-44(49)21-19-29)36(47)41-31(23-28-14-10-9-11-15-28)25-39-26(3)34(45)40-30-17-12-16-27(8-2)22-30/h9-12,14-22,26,31-33,39H,7-8,13,23-25H2,1-6H3,(H,40,45)(H,41,47)(H,42,48)(H,43,46)/t26-,31-,32-,33-/m0/s1. The zero-order chi connectivity index (χ0) is 36.0.